The Hall–Kier alpha value is -1.22. The minimum atomic E-state index is -0.811. The van der Waals surface area contributed by atoms with E-state index in [4.69, 9.17) is 21.4 Å². The van der Waals surface area contributed by atoms with Crippen LogP contribution in [0.2, 0.25) is 5.02 Å². The van der Waals surface area contributed by atoms with Crippen LogP contribution in [0.1, 0.15) is 32.3 Å². The zero-order valence-corrected chi connectivity index (χ0v) is 11.0. The molecule has 1 aromatic rings. The number of rotatable bonds is 5. The average Bonchev–Trinajstić information content (AvgIpc) is 2.20. The molecule has 3 nitrogen and oxygen atoms in total. The first-order valence-electron chi connectivity index (χ1n) is 5.47. The van der Waals surface area contributed by atoms with Crippen molar-refractivity contribution in [2.24, 2.45) is 0 Å². The van der Waals surface area contributed by atoms with Crippen LogP contribution >= 0.6 is 11.6 Å². The molecule has 0 unspecified atom stereocenters. The van der Waals surface area contributed by atoms with Crippen molar-refractivity contribution in [3.05, 3.63) is 28.8 Å². The summed E-state index contributed by atoms with van der Waals surface area (Å²) in [5.41, 5.74) is 0.442. The number of aryl methyl sites for hydroxylation is 1. The van der Waals surface area contributed by atoms with E-state index in [0.29, 0.717) is 11.4 Å². The Morgan fingerprint density at radius 3 is 2.65 bits per heavy atom. The maximum Gasteiger partial charge on any atom is 0.303 e. The van der Waals surface area contributed by atoms with Crippen LogP contribution in [0.4, 0.5) is 0 Å². The van der Waals surface area contributed by atoms with Crippen LogP contribution in [0, 0.1) is 6.92 Å². The molecule has 0 amide bonds. The second-order valence-electron chi connectivity index (χ2n) is 4.67. The SMILES string of the molecule is Cc1cc(Cl)ccc1OC(C)(C)CCC(=O)O. The van der Waals surface area contributed by atoms with Crippen molar-refractivity contribution in [2.45, 2.75) is 39.2 Å². The summed E-state index contributed by atoms with van der Waals surface area (Å²) in [6.07, 6.45) is 0.560. The average molecular weight is 257 g/mol. The van der Waals surface area contributed by atoms with E-state index in [9.17, 15) is 4.79 Å². The van der Waals surface area contributed by atoms with E-state index in [-0.39, 0.29) is 6.42 Å². The topological polar surface area (TPSA) is 46.5 Å². The molecule has 0 aromatic heterocycles. The lowest BCUT2D eigenvalue weighted by molar-refractivity contribution is -0.138. The van der Waals surface area contributed by atoms with Gasteiger partial charge >= 0.3 is 5.97 Å². The first kappa shape index (κ1) is 13.8. The summed E-state index contributed by atoms with van der Waals surface area (Å²) in [5, 5.41) is 9.33. The largest absolute Gasteiger partial charge is 0.488 e. The molecule has 4 heteroatoms. The summed E-state index contributed by atoms with van der Waals surface area (Å²) < 4.78 is 5.82. The fraction of sp³-hybridized carbons (Fsp3) is 0.462. The zero-order chi connectivity index (χ0) is 13.1. The van der Waals surface area contributed by atoms with Gasteiger partial charge in [-0.05, 0) is 51.0 Å². The number of halogens is 1. The number of carbonyl (C=O) groups is 1. The van der Waals surface area contributed by atoms with E-state index in [1.54, 1.807) is 12.1 Å². The molecule has 1 N–H and O–H groups in total. The van der Waals surface area contributed by atoms with Crippen molar-refractivity contribution in [1.29, 1.82) is 0 Å². The van der Waals surface area contributed by atoms with Gasteiger partial charge in [-0.1, -0.05) is 11.6 Å². The van der Waals surface area contributed by atoms with Crippen LogP contribution in [0.25, 0.3) is 0 Å². The predicted octanol–water partition coefficient (Wildman–Crippen LogP) is 3.67. The van der Waals surface area contributed by atoms with Gasteiger partial charge in [0, 0.05) is 11.4 Å². The summed E-state index contributed by atoms with van der Waals surface area (Å²) in [6.45, 7) is 5.67. The highest BCUT2D eigenvalue weighted by Crippen LogP contribution is 2.27. The highest BCUT2D eigenvalue weighted by molar-refractivity contribution is 6.30. The Labute approximate surface area is 106 Å². The van der Waals surface area contributed by atoms with Crippen LogP contribution in [-0.2, 0) is 4.79 Å². The lowest BCUT2D eigenvalue weighted by atomic mass is 10.0. The number of carboxylic acid groups (broad SMARTS) is 1. The highest BCUT2D eigenvalue weighted by Gasteiger charge is 2.21. The van der Waals surface area contributed by atoms with Gasteiger partial charge in [-0.2, -0.15) is 0 Å². The van der Waals surface area contributed by atoms with Crippen LogP contribution in [0.5, 0.6) is 5.75 Å². The van der Waals surface area contributed by atoms with Gasteiger partial charge < -0.3 is 9.84 Å². The monoisotopic (exact) mass is 256 g/mol. The number of aliphatic carboxylic acids is 1. The van der Waals surface area contributed by atoms with Crippen molar-refractivity contribution >= 4 is 17.6 Å². The van der Waals surface area contributed by atoms with Crippen molar-refractivity contribution in [3.63, 3.8) is 0 Å². The standard InChI is InChI=1S/C13H17ClO3/c1-9-8-10(14)4-5-11(9)17-13(2,3)7-6-12(15)16/h4-5,8H,6-7H2,1-3H3,(H,15,16). The van der Waals surface area contributed by atoms with Crippen LogP contribution in [-0.4, -0.2) is 16.7 Å². The lowest BCUT2D eigenvalue weighted by Crippen LogP contribution is -2.29. The van der Waals surface area contributed by atoms with E-state index in [1.165, 1.54) is 0 Å². The van der Waals surface area contributed by atoms with Crippen LogP contribution < -0.4 is 4.74 Å². The Bertz CT molecular complexity index is 413. The summed E-state index contributed by atoms with van der Waals surface area (Å²) >= 11 is 5.86. The molecule has 0 radical (unpaired) electrons. The van der Waals surface area contributed by atoms with Gasteiger partial charge in [-0.15, -0.1) is 0 Å². The highest BCUT2D eigenvalue weighted by atomic mass is 35.5. The molecule has 0 aliphatic carbocycles. The second kappa shape index (κ2) is 5.41. The fourth-order valence-electron chi connectivity index (χ4n) is 1.48. The molecule has 0 aliphatic heterocycles. The summed E-state index contributed by atoms with van der Waals surface area (Å²) in [4.78, 5) is 10.5. The van der Waals surface area contributed by atoms with Gasteiger partial charge in [-0.25, -0.2) is 0 Å². The summed E-state index contributed by atoms with van der Waals surface area (Å²) in [6, 6.07) is 5.39. The molecule has 0 saturated heterocycles. The number of hydrogen-bond acceptors (Lipinski definition) is 2. The molecule has 0 bridgehead atoms. The van der Waals surface area contributed by atoms with Crippen LogP contribution in [0.15, 0.2) is 18.2 Å². The molecule has 94 valence electrons. The molecule has 0 heterocycles. The quantitative estimate of drug-likeness (QED) is 0.874. The molecular weight excluding hydrogens is 240 g/mol. The number of carboxylic acids is 1. The Balaban J connectivity index is 2.72. The Kier molecular flexibility index (Phi) is 4.40. The Morgan fingerprint density at radius 1 is 1.47 bits per heavy atom. The zero-order valence-electron chi connectivity index (χ0n) is 10.3. The first-order valence-corrected chi connectivity index (χ1v) is 5.85. The molecule has 0 spiro atoms. The molecule has 1 aromatic carbocycles. The van der Waals surface area contributed by atoms with Gasteiger partial charge in [0.1, 0.15) is 11.4 Å². The van der Waals surface area contributed by atoms with E-state index in [1.807, 2.05) is 26.8 Å². The van der Waals surface area contributed by atoms with Crippen molar-refractivity contribution in [3.8, 4) is 5.75 Å². The third kappa shape index (κ3) is 4.65. The lowest BCUT2D eigenvalue weighted by Gasteiger charge is -2.27. The second-order valence-corrected chi connectivity index (χ2v) is 5.10. The molecule has 0 aliphatic rings. The van der Waals surface area contributed by atoms with Crippen molar-refractivity contribution in [2.75, 3.05) is 0 Å². The summed E-state index contributed by atoms with van der Waals surface area (Å²) in [5.74, 6) is -0.0701. The predicted molar refractivity (Wildman–Crippen MR) is 67.8 cm³/mol. The smallest absolute Gasteiger partial charge is 0.303 e. The van der Waals surface area contributed by atoms with Crippen LogP contribution in [0.3, 0.4) is 0 Å². The maximum absolute atomic E-state index is 10.5. The minimum Gasteiger partial charge on any atom is -0.488 e. The van der Waals surface area contributed by atoms with E-state index < -0.39 is 11.6 Å². The van der Waals surface area contributed by atoms with Crippen molar-refractivity contribution in [1.82, 2.24) is 0 Å². The minimum absolute atomic E-state index is 0.0969. The van der Waals surface area contributed by atoms with E-state index in [2.05, 4.69) is 0 Å². The van der Waals surface area contributed by atoms with E-state index in [0.717, 1.165) is 11.3 Å². The molecule has 0 saturated carbocycles. The van der Waals surface area contributed by atoms with E-state index >= 15 is 0 Å². The molecule has 0 fully saturated rings. The van der Waals surface area contributed by atoms with Gasteiger partial charge in [0.15, 0.2) is 0 Å². The fourth-order valence-corrected chi connectivity index (χ4v) is 1.71. The Morgan fingerprint density at radius 2 is 2.12 bits per heavy atom. The number of ether oxygens (including phenoxy) is 1. The van der Waals surface area contributed by atoms with Gasteiger partial charge in [0.05, 0.1) is 0 Å². The molecule has 1 rings (SSSR count). The third-order valence-electron chi connectivity index (χ3n) is 2.46. The van der Waals surface area contributed by atoms with Gasteiger partial charge in [0.2, 0.25) is 0 Å². The molecule has 0 atom stereocenters. The molecule has 17 heavy (non-hydrogen) atoms. The van der Waals surface area contributed by atoms with Gasteiger partial charge in [0.25, 0.3) is 0 Å². The third-order valence-corrected chi connectivity index (χ3v) is 2.70. The maximum atomic E-state index is 10.5. The molecular formula is C13H17ClO3. The van der Waals surface area contributed by atoms with Crippen molar-refractivity contribution < 1.29 is 14.6 Å². The number of hydrogen-bond donors (Lipinski definition) is 1. The van der Waals surface area contributed by atoms with Gasteiger partial charge in [-0.3, -0.25) is 4.79 Å². The summed E-state index contributed by atoms with van der Waals surface area (Å²) in [7, 11) is 0. The number of benzene rings is 1. The first-order chi connectivity index (χ1) is 7.80. The normalized spacial score (nSPS) is 11.3.